The Morgan fingerprint density at radius 1 is 1.64 bits per heavy atom. The monoisotopic (exact) mass is 154 g/mol. The van der Waals surface area contributed by atoms with Gasteiger partial charge in [0, 0.05) is 0 Å². The van der Waals surface area contributed by atoms with Gasteiger partial charge in [-0.1, -0.05) is 0 Å². The molecular weight excluding hydrogens is 144 g/mol. The molecule has 2 N–H and O–H groups in total. The van der Waals surface area contributed by atoms with Gasteiger partial charge in [-0.3, -0.25) is 5.41 Å². The maximum Gasteiger partial charge on any atom is 0.161 e. The van der Waals surface area contributed by atoms with E-state index in [1.807, 2.05) is 6.92 Å². The van der Waals surface area contributed by atoms with Gasteiger partial charge in [0.25, 0.3) is 0 Å². The predicted octanol–water partition coefficient (Wildman–Crippen LogP) is 0.122. The Bertz CT molecular complexity index is 293. The van der Waals surface area contributed by atoms with Crippen LogP contribution in [0.25, 0.3) is 0 Å². The van der Waals surface area contributed by atoms with Gasteiger partial charge >= 0.3 is 0 Å². The molecule has 0 radical (unpaired) electrons. The lowest BCUT2D eigenvalue weighted by atomic mass is 10.5. The number of pyridine rings is 1. The van der Waals surface area contributed by atoms with Crippen LogP contribution in [0.4, 0.5) is 0 Å². The maximum absolute atomic E-state index is 8.98. The van der Waals surface area contributed by atoms with E-state index in [-0.39, 0.29) is 11.2 Å². The first kappa shape index (κ1) is 7.65. The third-order valence-electron chi connectivity index (χ3n) is 1.17. The Labute approximate surface area is 64.1 Å². The van der Waals surface area contributed by atoms with Crippen LogP contribution in [-0.2, 0) is 0 Å². The van der Waals surface area contributed by atoms with E-state index >= 15 is 0 Å². The molecule has 0 aliphatic heterocycles. The van der Waals surface area contributed by atoms with Gasteiger partial charge in [0.1, 0.15) is 12.4 Å². The highest BCUT2D eigenvalue weighted by atomic mass is 16.7. The molecular formula is C7H10N2O2. The molecule has 60 valence electrons. The highest BCUT2D eigenvalue weighted by Gasteiger charge is 1.92. The summed E-state index contributed by atoms with van der Waals surface area (Å²) in [5, 5.41) is 16.3. The van der Waals surface area contributed by atoms with E-state index in [0.29, 0.717) is 6.61 Å². The fourth-order valence-corrected chi connectivity index (χ4v) is 0.716. The normalized spacial score (nSPS) is 9.55. The largest absolute Gasteiger partial charge is 0.506 e. The number of nitrogens with zero attached hydrogens (tertiary/aromatic N) is 1. The zero-order valence-electron chi connectivity index (χ0n) is 6.24. The Morgan fingerprint density at radius 2 is 2.36 bits per heavy atom. The van der Waals surface area contributed by atoms with Gasteiger partial charge in [0.2, 0.25) is 0 Å². The minimum Gasteiger partial charge on any atom is -0.506 e. The third kappa shape index (κ3) is 1.73. The molecule has 0 aromatic carbocycles. The first-order chi connectivity index (χ1) is 5.24. The van der Waals surface area contributed by atoms with Gasteiger partial charge in [-0.2, -0.15) is 4.73 Å². The van der Waals surface area contributed by atoms with E-state index in [4.69, 9.17) is 15.4 Å². The molecule has 0 fully saturated rings. The molecule has 1 heterocycles. The summed E-state index contributed by atoms with van der Waals surface area (Å²) in [5.74, 6) is 0.0921. The zero-order valence-corrected chi connectivity index (χ0v) is 6.24. The number of nitrogens with one attached hydrogen (secondary N) is 1. The van der Waals surface area contributed by atoms with Gasteiger partial charge in [0.15, 0.2) is 5.49 Å². The number of rotatable bonds is 2. The first-order valence-electron chi connectivity index (χ1n) is 3.33. The van der Waals surface area contributed by atoms with Crippen molar-refractivity contribution in [2.24, 2.45) is 0 Å². The van der Waals surface area contributed by atoms with Crippen molar-refractivity contribution in [2.45, 2.75) is 6.92 Å². The molecule has 0 amide bonds. The van der Waals surface area contributed by atoms with Gasteiger partial charge < -0.3 is 9.94 Å². The molecule has 0 spiro atoms. The lowest BCUT2D eigenvalue weighted by Gasteiger charge is -2.05. The first-order valence-corrected chi connectivity index (χ1v) is 3.33. The zero-order chi connectivity index (χ0) is 8.27. The van der Waals surface area contributed by atoms with Crippen LogP contribution in [0.15, 0.2) is 18.3 Å². The molecule has 0 atom stereocenters. The fraction of sp³-hybridized carbons (Fsp3) is 0.286. The van der Waals surface area contributed by atoms with Crippen molar-refractivity contribution in [2.75, 3.05) is 6.61 Å². The Hall–Kier alpha value is -1.45. The van der Waals surface area contributed by atoms with E-state index < -0.39 is 0 Å². The number of hydrogen-bond donors (Lipinski definition) is 2. The summed E-state index contributed by atoms with van der Waals surface area (Å²) in [5.41, 5.74) is 0.213. The van der Waals surface area contributed by atoms with Gasteiger partial charge in [-0.05, 0) is 19.1 Å². The summed E-state index contributed by atoms with van der Waals surface area (Å²) >= 11 is 0. The lowest BCUT2D eigenvalue weighted by Crippen LogP contribution is -2.25. The minimum atomic E-state index is 0.0921. The Kier molecular flexibility index (Phi) is 2.15. The summed E-state index contributed by atoms with van der Waals surface area (Å²) < 4.78 is 1.22. The molecule has 0 aliphatic rings. The van der Waals surface area contributed by atoms with E-state index in [0.717, 1.165) is 0 Å². The average Bonchev–Trinajstić information content (AvgIpc) is 1.98. The van der Waals surface area contributed by atoms with E-state index in [1.165, 1.54) is 23.1 Å². The number of aromatic hydroxyl groups is 1. The lowest BCUT2D eigenvalue weighted by molar-refractivity contribution is 0.108. The second kappa shape index (κ2) is 3.09. The van der Waals surface area contributed by atoms with E-state index in [1.54, 1.807) is 0 Å². The molecule has 11 heavy (non-hydrogen) atoms. The second-order valence-corrected chi connectivity index (χ2v) is 2.02. The SMILES string of the molecule is CCOn1cc(O)ccc1=N. The van der Waals surface area contributed by atoms with Crippen LogP contribution in [0.2, 0.25) is 0 Å². The van der Waals surface area contributed by atoms with Crippen molar-refractivity contribution in [3.63, 3.8) is 0 Å². The van der Waals surface area contributed by atoms with Crippen molar-refractivity contribution in [3.05, 3.63) is 23.8 Å². The van der Waals surface area contributed by atoms with Gasteiger partial charge in [-0.15, -0.1) is 0 Å². The predicted molar refractivity (Wildman–Crippen MR) is 39.1 cm³/mol. The van der Waals surface area contributed by atoms with Crippen LogP contribution in [-0.4, -0.2) is 16.4 Å². The third-order valence-corrected chi connectivity index (χ3v) is 1.17. The average molecular weight is 154 g/mol. The van der Waals surface area contributed by atoms with Crippen molar-refractivity contribution in [3.8, 4) is 5.75 Å². The minimum absolute atomic E-state index is 0.0921. The fourth-order valence-electron chi connectivity index (χ4n) is 0.716. The van der Waals surface area contributed by atoms with Crippen molar-refractivity contribution >= 4 is 0 Å². The van der Waals surface area contributed by atoms with Crippen LogP contribution >= 0.6 is 0 Å². The van der Waals surface area contributed by atoms with E-state index in [9.17, 15) is 0 Å². The topological polar surface area (TPSA) is 58.2 Å². The summed E-state index contributed by atoms with van der Waals surface area (Å²) in [6.45, 7) is 2.29. The number of hydrogen-bond acceptors (Lipinski definition) is 3. The molecule has 0 saturated carbocycles. The van der Waals surface area contributed by atoms with Crippen molar-refractivity contribution < 1.29 is 9.94 Å². The maximum atomic E-state index is 8.98. The quantitative estimate of drug-likeness (QED) is 0.635. The molecule has 1 aromatic rings. The highest BCUT2D eigenvalue weighted by molar-refractivity contribution is 5.13. The van der Waals surface area contributed by atoms with Crippen molar-refractivity contribution in [1.82, 2.24) is 4.73 Å². The summed E-state index contributed by atoms with van der Waals surface area (Å²) in [6, 6.07) is 2.91. The summed E-state index contributed by atoms with van der Waals surface area (Å²) in [4.78, 5) is 4.99. The molecule has 4 heteroatoms. The molecule has 0 unspecified atom stereocenters. The Balaban J connectivity index is 3.03. The van der Waals surface area contributed by atoms with Crippen LogP contribution in [0, 0.1) is 5.41 Å². The van der Waals surface area contributed by atoms with Crippen LogP contribution in [0.1, 0.15) is 6.92 Å². The molecule has 4 nitrogen and oxygen atoms in total. The molecule has 0 saturated heterocycles. The Morgan fingerprint density at radius 3 is 3.00 bits per heavy atom. The van der Waals surface area contributed by atoms with Gasteiger partial charge in [-0.25, -0.2) is 0 Å². The molecule has 1 rings (SSSR count). The molecule has 1 aromatic heterocycles. The van der Waals surface area contributed by atoms with Gasteiger partial charge in [0.05, 0.1) is 6.20 Å². The van der Waals surface area contributed by atoms with Crippen molar-refractivity contribution in [1.29, 1.82) is 5.41 Å². The standard InChI is InChI=1S/C7H10N2O2/c1-2-11-9-5-6(10)3-4-7(9)8/h3-5,8,10H,2H2,1H3. The number of aromatic nitrogens is 1. The summed E-state index contributed by atoms with van der Waals surface area (Å²) in [7, 11) is 0. The van der Waals surface area contributed by atoms with Crippen LogP contribution in [0.3, 0.4) is 0 Å². The summed E-state index contributed by atoms with van der Waals surface area (Å²) in [6.07, 6.45) is 1.35. The van der Waals surface area contributed by atoms with E-state index in [2.05, 4.69) is 0 Å². The molecule has 0 aliphatic carbocycles. The second-order valence-electron chi connectivity index (χ2n) is 2.02. The highest BCUT2D eigenvalue weighted by Crippen LogP contribution is 2.00. The van der Waals surface area contributed by atoms with Crippen LogP contribution in [0.5, 0.6) is 5.75 Å². The smallest absolute Gasteiger partial charge is 0.161 e. The van der Waals surface area contributed by atoms with Crippen LogP contribution < -0.4 is 10.3 Å². The molecule has 0 bridgehead atoms.